The molecule has 0 saturated carbocycles. The number of hydrogen-bond donors (Lipinski definition) is 0. The van der Waals surface area contributed by atoms with Gasteiger partial charge in [-0.05, 0) is 90.2 Å². The molecule has 0 spiro atoms. The molecule has 3 heteroatoms. The molecule has 0 fully saturated rings. The highest BCUT2D eigenvalue weighted by Crippen LogP contribution is 2.36. The second kappa shape index (κ2) is 10.5. The molecule has 2 heterocycles. The van der Waals surface area contributed by atoms with Gasteiger partial charge in [-0.3, -0.25) is 0 Å². The Kier molecular flexibility index (Phi) is 6.85. The van der Waals surface area contributed by atoms with Gasteiger partial charge in [0.25, 0.3) is 0 Å². The van der Waals surface area contributed by atoms with Crippen LogP contribution in [0.15, 0.2) is 109 Å². The van der Waals surface area contributed by atoms with Crippen molar-refractivity contribution in [3.05, 3.63) is 134 Å². The van der Waals surface area contributed by atoms with Crippen molar-refractivity contribution in [2.24, 2.45) is 0 Å². The lowest BCUT2D eigenvalue weighted by Crippen LogP contribution is -2.11. The van der Waals surface area contributed by atoms with E-state index in [9.17, 15) is 0 Å². The largest absolute Gasteiger partial charge is 0.310 e. The standard InChI is InChI=1S/C31H25NS2/c1-24-8-5-6-12-31(24)32(26-9-3-2-4-10-26)27-16-13-25(14-17-27)15-18-29-21-22-30(34-29)20-19-28-11-7-23-33-28/h2-23H,1H3. The van der Waals surface area contributed by atoms with Gasteiger partial charge in [0, 0.05) is 31.7 Å². The first-order valence-electron chi connectivity index (χ1n) is 11.3. The van der Waals surface area contributed by atoms with E-state index >= 15 is 0 Å². The van der Waals surface area contributed by atoms with E-state index < -0.39 is 0 Å². The summed E-state index contributed by atoms with van der Waals surface area (Å²) in [5, 5.41) is 2.10. The molecule has 1 nitrogen and oxygen atoms in total. The second-order valence-electron chi connectivity index (χ2n) is 7.97. The fraction of sp³-hybridized carbons (Fsp3) is 0.0323. The van der Waals surface area contributed by atoms with Crippen molar-refractivity contribution in [3.8, 4) is 0 Å². The molecule has 3 aromatic carbocycles. The van der Waals surface area contributed by atoms with Crippen molar-refractivity contribution < 1.29 is 0 Å². The number of rotatable bonds is 7. The van der Waals surface area contributed by atoms with Crippen LogP contribution in [-0.2, 0) is 0 Å². The first-order valence-corrected chi connectivity index (χ1v) is 13.0. The van der Waals surface area contributed by atoms with Crippen LogP contribution < -0.4 is 4.90 Å². The predicted octanol–water partition coefficient (Wildman–Crippen LogP) is 9.93. The summed E-state index contributed by atoms with van der Waals surface area (Å²) in [6.07, 6.45) is 8.74. The highest BCUT2D eigenvalue weighted by atomic mass is 32.1. The summed E-state index contributed by atoms with van der Waals surface area (Å²) in [6, 6.07) is 36.4. The van der Waals surface area contributed by atoms with Crippen molar-refractivity contribution >= 4 is 64.0 Å². The minimum atomic E-state index is 1.15. The molecule has 5 rings (SSSR count). The Labute approximate surface area is 209 Å². The zero-order valence-corrected chi connectivity index (χ0v) is 20.6. The van der Waals surface area contributed by atoms with E-state index in [4.69, 9.17) is 0 Å². The van der Waals surface area contributed by atoms with E-state index in [0.717, 1.165) is 11.4 Å². The van der Waals surface area contributed by atoms with Crippen LogP contribution in [0.1, 0.15) is 25.8 Å². The average Bonchev–Trinajstić information content (AvgIpc) is 3.56. The Balaban J connectivity index is 1.35. The van der Waals surface area contributed by atoms with E-state index in [1.54, 1.807) is 22.7 Å². The summed E-state index contributed by atoms with van der Waals surface area (Å²) in [7, 11) is 0. The second-order valence-corrected chi connectivity index (χ2v) is 10.1. The molecule has 0 bridgehead atoms. The van der Waals surface area contributed by atoms with Crippen LogP contribution in [0.25, 0.3) is 24.3 Å². The summed E-state index contributed by atoms with van der Waals surface area (Å²) >= 11 is 3.56. The van der Waals surface area contributed by atoms with E-state index in [1.165, 1.54) is 31.4 Å². The molecule has 0 radical (unpaired) electrons. The molecule has 0 N–H and O–H groups in total. The number of hydrogen-bond acceptors (Lipinski definition) is 3. The molecule has 0 aliphatic carbocycles. The summed E-state index contributed by atoms with van der Waals surface area (Å²) in [6.45, 7) is 2.16. The van der Waals surface area contributed by atoms with E-state index in [2.05, 4.69) is 145 Å². The van der Waals surface area contributed by atoms with Gasteiger partial charge in [-0.1, -0.05) is 60.7 Å². The first kappa shape index (κ1) is 22.1. The van der Waals surface area contributed by atoms with Gasteiger partial charge in [0.05, 0.1) is 0 Å². The van der Waals surface area contributed by atoms with Gasteiger partial charge in [-0.2, -0.15) is 0 Å². The Morgan fingerprint density at radius 2 is 1.21 bits per heavy atom. The fourth-order valence-electron chi connectivity index (χ4n) is 3.83. The third kappa shape index (κ3) is 5.28. The number of nitrogens with zero attached hydrogens (tertiary/aromatic N) is 1. The van der Waals surface area contributed by atoms with Crippen LogP contribution in [0.3, 0.4) is 0 Å². The Bertz CT molecular complexity index is 1390. The molecule has 0 atom stereocenters. The molecule has 0 aliphatic heterocycles. The summed E-state index contributed by atoms with van der Waals surface area (Å²) in [5.41, 5.74) is 5.93. The molecule has 34 heavy (non-hydrogen) atoms. The number of para-hydroxylation sites is 2. The topological polar surface area (TPSA) is 3.24 Å². The third-order valence-electron chi connectivity index (χ3n) is 5.56. The van der Waals surface area contributed by atoms with Crippen LogP contribution in [0, 0.1) is 6.92 Å². The maximum absolute atomic E-state index is 2.31. The van der Waals surface area contributed by atoms with Crippen molar-refractivity contribution in [3.63, 3.8) is 0 Å². The van der Waals surface area contributed by atoms with Crippen molar-refractivity contribution in [1.29, 1.82) is 0 Å². The molecule has 166 valence electrons. The van der Waals surface area contributed by atoms with Crippen LogP contribution in [-0.4, -0.2) is 0 Å². The zero-order chi connectivity index (χ0) is 23.2. The predicted molar refractivity (Wildman–Crippen MR) is 152 cm³/mol. The Morgan fingerprint density at radius 1 is 0.559 bits per heavy atom. The summed E-state index contributed by atoms with van der Waals surface area (Å²) < 4.78 is 0. The maximum Gasteiger partial charge on any atom is 0.0490 e. The summed E-state index contributed by atoms with van der Waals surface area (Å²) in [4.78, 5) is 6.11. The Hall–Kier alpha value is -3.66. The van der Waals surface area contributed by atoms with Crippen LogP contribution >= 0.6 is 22.7 Å². The van der Waals surface area contributed by atoms with Gasteiger partial charge in [0.2, 0.25) is 0 Å². The number of benzene rings is 3. The number of aryl methyl sites for hydroxylation is 1. The lowest BCUT2D eigenvalue weighted by Gasteiger charge is -2.27. The van der Waals surface area contributed by atoms with E-state index in [1.807, 2.05) is 0 Å². The normalized spacial score (nSPS) is 11.4. The third-order valence-corrected chi connectivity index (χ3v) is 7.42. The molecule has 0 unspecified atom stereocenters. The van der Waals surface area contributed by atoms with Gasteiger partial charge >= 0.3 is 0 Å². The highest BCUT2D eigenvalue weighted by Gasteiger charge is 2.13. The van der Waals surface area contributed by atoms with Crippen molar-refractivity contribution in [2.75, 3.05) is 4.90 Å². The molecule has 0 saturated heterocycles. The van der Waals surface area contributed by atoms with Crippen LogP contribution in [0.2, 0.25) is 0 Å². The lowest BCUT2D eigenvalue weighted by molar-refractivity contribution is 1.25. The fourth-order valence-corrected chi connectivity index (χ4v) is 5.26. The number of anilines is 3. The van der Waals surface area contributed by atoms with Gasteiger partial charge < -0.3 is 4.90 Å². The average molecular weight is 476 g/mol. The Morgan fingerprint density at radius 3 is 1.91 bits per heavy atom. The van der Waals surface area contributed by atoms with Crippen molar-refractivity contribution in [1.82, 2.24) is 0 Å². The van der Waals surface area contributed by atoms with E-state index in [0.29, 0.717) is 0 Å². The first-order chi connectivity index (χ1) is 16.8. The SMILES string of the molecule is Cc1ccccc1N(c1ccccc1)c1ccc(C=Cc2ccc(C=Cc3cccs3)s2)cc1. The molecule has 0 amide bonds. The maximum atomic E-state index is 2.31. The van der Waals surface area contributed by atoms with Gasteiger partial charge in [-0.15, -0.1) is 22.7 Å². The molecule has 0 aliphatic rings. The lowest BCUT2D eigenvalue weighted by atomic mass is 10.1. The van der Waals surface area contributed by atoms with Gasteiger partial charge in [0.1, 0.15) is 0 Å². The molecule has 5 aromatic rings. The minimum Gasteiger partial charge on any atom is -0.310 e. The zero-order valence-electron chi connectivity index (χ0n) is 19.0. The summed E-state index contributed by atoms with van der Waals surface area (Å²) in [5.74, 6) is 0. The minimum absolute atomic E-state index is 1.15. The van der Waals surface area contributed by atoms with Crippen LogP contribution in [0.4, 0.5) is 17.1 Å². The smallest absolute Gasteiger partial charge is 0.0490 e. The van der Waals surface area contributed by atoms with Crippen molar-refractivity contribution in [2.45, 2.75) is 6.92 Å². The van der Waals surface area contributed by atoms with E-state index in [-0.39, 0.29) is 0 Å². The molecule has 2 aromatic heterocycles. The monoisotopic (exact) mass is 475 g/mol. The highest BCUT2D eigenvalue weighted by molar-refractivity contribution is 7.14. The molecular formula is C31H25NS2. The molecular weight excluding hydrogens is 450 g/mol. The quantitative estimate of drug-likeness (QED) is 0.226. The van der Waals surface area contributed by atoms with Crippen LogP contribution in [0.5, 0.6) is 0 Å². The van der Waals surface area contributed by atoms with Gasteiger partial charge in [-0.25, -0.2) is 0 Å². The van der Waals surface area contributed by atoms with Gasteiger partial charge in [0.15, 0.2) is 0 Å². The number of thiophene rings is 2.